The highest BCUT2D eigenvalue weighted by Crippen LogP contribution is 2.37. The minimum absolute atomic E-state index is 0.0735. The SMILES string of the molecule is CC(C)NCc1csc(S(=O)(=O)NC2CCC(C)(C)C2)c1. The van der Waals surface area contributed by atoms with E-state index in [1.807, 2.05) is 5.38 Å². The molecule has 1 aromatic heterocycles. The molecule has 1 atom stereocenters. The lowest BCUT2D eigenvalue weighted by Gasteiger charge is -2.17. The quantitative estimate of drug-likeness (QED) is 0.842. The first-order chi connectivity index (χ1) is 9.68. The lowest BCUT2D eigenvalue weighted by molar-refractivity contribution is 0.372. The molecule has 0 radical (unpaired) electrons. The number of thiophene rings is 1. The monoisotopic (exact) mass is 330 g/mol. The molecule has 1 aliphatic rings. The van der Waals surface area contributed by atoms with Gasteiger partial charge in [-0.15, -0.1) is 11.3 Å². The van der Waals surface area contributed by atoms with Crippen LogP contribution in [0.5, 0.6) is 0 Å². The van der Waals surface area contributed by atoms with Gasteiger partial charge in [-0.25, -0.2) is 13.1 Å². The minimum Gasteiger partial charge on any atom is -0.310 e. The summed E-state index contributed by atoms with van der Waals surface area (Å²) in [5.41, 5.74) is 1.27. The molecule has 0 spiro atoms. The van der Waals surface area contributed by atoms with Crippen molar-refractivity contribution in [2.45, 2.75) is 69.8 Å². The Balaban J connectivity index is 2.00. The summed E-state index contributed by atoms with van der Waals surface area (Å²) in [7, 11) is -3.37. The average Bonchev–Trinajstić information content (AvgIpc) is 2.93. The first-order valence-corrected chi connectivity index (χ1v) is 9.87. The number of hydrogen-bond acceptors (Lipinski definition) is 4. The van der Waals surface area contributed by atoms with Crippen LogP contribution in [0, 0.1) is 5.41 Å². The summed E-state index contributed by atoms with van der Waals surface area (Å²) >= 11 is 1.30. The van der Waals surface area contributed by atoms with Crippen LogP contribution in [-0.2, 0) is 16.6 Å². The highest BCUT2D eigenvalue weighted by atomic mass is 32.2. The molecule has 0 aliphatic heterocycles. The number of rotatable bonds is 6. The van der Waals surface area contributed by atoms with Gasteiger partial charge in [0.25, 0.3) is 0 Å². The van der Waals surface area contributed by atoms with Gasteiger partial charge in [0.05, 0.1) is 0 Å². The molecule has 0 bridgehead atoms. The van der Waals surface area contributed by atoms with Crippen molar-refractivity contribution in [3.05, 3.63) is 17.0 Å². The summed E-state index contributed by atoms with van der Waals surface area (Å²) in [5.74, 6) is 0. The molecule has 120 valence electrons. The highest BCUT2D eigenvalue weighted by molar-refractivity contribution is 7.91. The zero-order valence-electron chi connectivity index (χ0n) is 13.3. The van der Waals surface area contributed by atoms with E-state index < -0.39 is 10.0 Å². The smallest absolute Gasteiger partial charge is 0.250 e. The molecule has 1 fully saturated rings. The standard InChI is InChI=1S/C15H26N2O2S2/c1-11(2)16-9-12-7-14(20-10-12)21(18,19)17-13-5-6-15(3,4)8-13/h7,10-11,13,16-17H,5-6,8-9H2,1-4H3. The van der Waals surface area contributed by atoms with Crippen LogP contribution in [-0.4, -0.2) is 20.5 Å². The van der Waals surface area contributed by atoms with E-state index in [2.05, 4.69) is 37.7 Å². The van der Waals surface area contributed by atoms with Crippen LogP contribution in [0.25, 0.3) is 0 Å². The van der Waals surface area contributed by atoms with Crippen molar-refractivity contribution in [2.75, 3.05) is 0 Å². The van der Waals surface area contributed by atoms with E-state index in [0.717, 1.165) is 24.8 Å². The molecular weight excluding hydrogens is 304 g/mol. The van der Waals surface area contributed by atoms with Gasteiger partial charge >= 0.3 is 0 Å². The van der Waals surface area contributed by atoms with Crippen LogP contribution in [0.1, 0.15) is 52.5 Å². The van der Waals surface area contributed by atoms with Crippen molar-refractivity contribution in [1.82, 2.24) is 10.0 Å². The van der Waals surface area contributed by atoms with Crippen molar-refractivity contribution in [1.29, 1.82) is 0 Å². The normalized spacial score (nSPS) is 22.0. The summed E-state index contributed by atoms with van der Waals surface area (Å²) in [6.45, 7) is 9.26. The highest BCUT2D eigenvalue weighted by Gasteiger charge is 2.33. The maximum absolute atomic E-state index is 12.4. The molecule has 2 N–H and O–H groups in total. The zero-order chi connectivity index (χ0) is 15.7. The molecule has 1 heterocycles. The van der Waals surface area contributed by atoms with Crippen molar-refractivity contribution in [2.24, 2.45) is 5.41 Å². The second kappa shape index (κ2) is 6.36. The van der Waals surface area contributed by atoms with Crippen LogP contribution in [0.4, 0.5) is 0 Å². The lowest BCUT2D eigenvalue weighted by Crippen LogP contribution is -2.33. The number of nitrogens with one attached hydrogen (secondary N) is 2. The van der Waals surface area contributed by atoms with Gasteiger partial charge in [0.1, 0.15) is 4.21 Å². The van der Waals surface area contributed by atoms with Gasteiger partial charge in [-0.2, -0.15) is 0 Å². The molecule has 21 heavy (non-hydrogen) atoms. The van der Waals surface area contributed by atoms with Gasteiger partial charge in [0.15, 0.2) is 0 Å². The summed E-state index contributed by atoms with van der Waals surface area (Å²) in [4.78, 5) is 0. The zero-order valence-corrected chi connectivity index (χ0v) is 14.9. The molecule has 1 aliphatic carbocycles. The van der Waals surface area contributed by atoms with Crippen molar-refractivity contribution >= 4 is 21.4 Å². The fraction of sp³-hybridized carbons (Fsp3) is 0.733. The van der Waals surface area contributed by atoms with E-state index in [4.69, 9.17) is 0 Å². The maximum Gasteiger partial charge on any atom is 0.250 e. The van der Waals surface area contributed by atoms with E-state index in [9.17, 15) is 8.42 Å². The summed E-state index contributed by atoms with van der Waals surface area (Å²) in [5, 5.41) is 5.22. The van der Waals surface area contributed by atoms with Gasteiger partial charge in [0.2, 0.25) is 10.0 Å². The molecule has 0 aromatic carbocycles. The summed E-state index contributed by atoms with van der Waals surface area (Å²) in [6.07, 6.45) is 2.92. The minimum atomic E-state index is -3.37. The van der Waals surface area contributed by atoms with Crippen LogP contribution >= 0.6 is 11.3 Å². The fourth-order valence-corrected chi connectivity index (χ4v) is 5.22. The van der Waals surface area contributed by atoms with E-state index >= 15 is 0 Å². The summed E-state index contributed by atoms with van der Waals surface area (Å²) in [6, 6.07) is 2.25. The van der Waals surface area contributed by atoms with E-state index in [1.54, 1.807) is 6.07 Å². The van der Waals surface area contributed by atoms with Gasteiger partial charge < -0.3 is 5.32 Å². The molecule has 1 saturated carbocycles. The molecule has 1 unspecified atom stereocenters. The Bertz CT molecular complexity index is 576. The Morgan fingerprint density at radius 2 is 2.14 bits per heavy atom. The van der Waals surface area contributed by atoms with Gasteiger partial charge in [-0.3, -0.25) is 0 Å². The average molecular weight is 331 g/mol. The Kier molecular flexibility index (Phi) is 5.13. The van der Waals surface area contributed by atoms with Crippen LogP contribution < -0.4 is 10.0 Å². The third kappa shape index (κ3) is 4.77. The van der Waals surface area contributed by atoms with Crippen molar-refractivity contribution in [3.8, 4) is 0 Å². The maximum atomic E-state index is 12.4. The Hall–Kier alpha value is -0.430. The third-order valence-electron chi connectivity index (χ3n) is 3.90. The first kappa shape index (κ1) is 16.9. The van der Waals surface area contributed by atoms with Crippen LogP contribution in [0.15, 0.2) is 15.7 Å². The largest absolute Gasteiger partial charge is 0.310 e. The topological polar surface area (TPSA) is 58.2 Å². The molecular formula is C15H26N2O2S2. The number of hydrogen-bond donors (Lipinski definition) is 2. The summed E-state index contributed by atoms with van der Waals surface area (Å²) < 4.78 is 28.2. The third-order valence-corrected chi connectivity index (χ3v) is 6.91. The van der Waals surface area contributed by atoms with Crippen molar-refractivity contribution < 1.29 is 8.42 Å². The second-order valence-electron chi connectivity index (χ2n) is 7.03. The molecule has 0 amide bonds. The molecule has 0 saturated heterocycles. The molecule has 2 rings (SSSR count). The molecule has 6 heteroatoms. The predicted octanol–water partition coefficient (Wildman–Crippen LogP) is 3.10. The number of sulfonamides is 1. The van der Waals surface area contributed by atoms with Crippen LogP contribution in [0.2, 0.25) is 0 Å². The Morgan fingerprint density at radius 1 is 1.43 bits per heavy atom. The van der Waals surface area contributed by atoms with Gasteiger partial charge in [0, 0.05) is 18.6 Å². The Morgan fingerprint density at radius 3 is 2.71 bits per heavy atom. The van der Waals surface area contributed by atoms with Crippen LogP contribution in [0.3, 0.4) is 0 Å². The van der Waals surface area contributed by atoms with Crippen molar-refractivity contribution in [3.63, 3.8) is 0 Å². The van der Waals surface area contributed by atoms with Gasteiger partial charge in [-0.1, -0.05) is 27.7 Å². The van der Waals surface area contributed by atoms with E-state index in [-0.39, 0.29) is 11.5 Å². The first-order valence-electron chi connectivity index (χ1n) is 7.51. The van der Waals surface area contributed by atoms with Gasteiger partial charge in [-0.05, 0) is 41.7 Å². The predicted molar refractivity (Wildman–Crippen MR) is 88.0 cm³/mol. The fourth-order valence-electron chi connectivity index (χ4n) is 2.72. The Labute approximate surface area is 132 Å². The van der Waals surface area contributed by atoms with E-state index in [1.165, 1.54) is 11.3 Å². The second-order valence-corrected chi connectivity index (χ2v) is 9.89. The molecule has 4 nitrogen and oxygen atoms in total. The molecule has 1 aromatic rings. The lowest BCUT2D eigenvalue weighted by atomic mass is 9.92. The van der Waals surface area contributed by atoms with E-state index in [0.29, 0.717) is 16.8 Å².